The fraction of sp³-hybridized carbons (Fsp3) is 0.345. The van der Waals surface area contributed by atoms with Crippen molar-refractivity contribution in [1.29, 1.82) is 0 Å². The molecule has 0 saturated carbocycles. The number of hydrogen-bond acceptors (Lipinski definition) is 7. The lowest BCUT2D eigenvalue weighted by atomic mass is 9.68. The van der Waals surface area contributed by atoms with Crippen molar-refractivity contribution >= 4 is 17.7 Å². The number of rotatable bonds is 7. The summed E-state index contributed by atoms with van der Waals surface area (Å²) >= 11 is 0. The second-order valence-electron chi connectivity index (χ2n) is 9.19. The third kappa shape index (κ3) is 4.91. The summed E-state index contributed by atoms with van der Waals surface area (Å²) in [5.41, 5.74) is 3.91. The number of benzene rings is 2. The van der Waals surface area contributed by atoms with Crippen molar-refractivity contribution in [3.05, 3.63) is 88.3 Å². The van der Waals surface area contributed by atoms with Crippen LogP contribution in [0.15, 0.2) is 77.1 Å². The summed E-state index contributed by atoms with van der Waals surface area (Å²) < 4.78 is 16.2. The van der Waals surface area contributed by atoms with Gasteiger partial charge in [0.25, 0.3) is 0 Å². The molecule has 0 spiro atoms. The van der Waals surface area contributed by atoms with Gasteiger partial charge in [0, 0.05) is 22.9 Å². The molecule has 0 aromatic heterocycles. The number of esters is 2. The van der Waals surface area contributed by atoms with Crippen LogP contribution in [0, 0.1) is 18.8 Å². The number of hydrogen-bond donors (Lipinski definition) is 1. The molecule has 4 rings (SSSR count). The van der Waals surface area contributed by atoms with Crippen LogP contribution in [0.1, 0.15) is 37.3 Å². The molecule has 0 saturated heterocycles. The maximum Gasteiger partial charge on any atom is 0.336 e. The number of aryl methyl sites for hydroxylation is 1. The molecule has 3 atom stereocenters. The average Bonchev–Trinajstić information content (AvgIpc) is 2.86. The van der Waals surface area contributed by atoms with Gasteiger partial charge in [-0.1, -0.05) is 49.4 Å². The predicted octanol–water partition coefficient (Wildman–Crippen LogP) is 4.23. The molecular weight excluding hydrogens is 458 g/mol. The standard InChI is InChI=1S/C29H31NO6/c1-17-10-8-9-13-21(17)25-24(29(33)36-15-14-35-20-11-6-5-7-12-20)19(3)30-22-16-18(2)23(28(32)34-4)27(31)26(22)25/h5-13,18,23,25,30H,14-16H2,1-4H3/t18-,23+,25-/m0/s1. The van der Waals surface area contributed by atoms with E-state index in [1.807, 2.05) is 75.4 Å². The number of para-hydroxylation sites is 1. The van der Waals surface area contributed by atoms with Gasteiger partial charge < -0.3 is 19.5 Å². The summed E-state index contributed by atoms with van der Waals surface area (Å²) in [6, 6.07) is 16.9. The number of dihydropyridines is 1. The quantitative estimate of drug-likeness (QED) is 0.354. The first-order valence-electron chi connectivity index (χ1n) is 12.1. The Hall–Kier alpha value is -3.87. The van der Waals surface area contributed by atoms with Crippen LogP contribution in [0.3, 0.4) is 0 Å². The highest BCUT2D eigenvalue weighted by Gasteiger charge is 2.47. The molecule has 7 nitrogen and oxygen atoms in total. The van der Waals surface area contributed by atoms with Gasteiger partial charge in [0.15, 0.2) is 5.78 Å². The van der Waals surface area contributed by atoms with Gasteiger partial charge in [-0.05, 0) is 49.4 Å². The lowest BCUT2D eigenvalue weighted by Crippen LogP contribution is -2.43. The summed E-state index contributed by atoms with van der Waals surface area (Å²) in [6.07, 6.45) is 0.494. The Morgan fingerprint density at radius 3 is 2.39 bits per heavy atom. The maximum atomic E-state index is 13.8. The van der Waals surface area contributed by atoms with Gasteiger partial charge in [-0.2, -0.15) is 0 Å². The van der Waals surface area contributed by atoms with Gasteiger partial charge in [0.1, 0.15) is 24.9 Å². The first-order valence-corrected chi connectivity index (χ1v) is 12.1. The van der Waals surface area contributed by atoms with Crippen molar-refractivity contribution < 1.29 is 28.6 Å². The molecule has 0 bridgehead atoms. The predicted molar refractivity (Wildman–Crippen MR) is 134 cm³/mol. The van der Waals surface area contributed by atoms with Crippen LogP contribution in [-0.2, 0) is 23.9 Å². The lowest BCUT2D eigenvalue weighted by Gasteiger charge is -2.38. The van der Waals surface area contributed by atoms with Crippen LogP contribution >= 0.6 is 0 Å². The number of nitrogens with one attached hydrogen (secondary N) is 1. The number of carbonyl (C=O) groups is 3. The fourth-order valence-electron chi connectivity index (χ4n) is 5.06. The minimum absolute atomic E-state index is 0.0483. The number of ketones is 1. The summed E-state index contributed by atoms with van der Waals surface area (Å²) in [6.45, 7) is 5.86. The molecule has 36 heavy (non-hydrogen) atoms. The monoisotopic (exact) mass is 489 g/mol. The zero-order valence-corrected chi connectivity index (χ0v) is 21.0. The number of allylic oxidation sites excluding steroid dienone is 3. The molecule has 2 aliphatic rings. The van der Waals surface area contributed by atoms with Gasteiger partial charge in [0.2, 0.25) is 0 Å². The summed E-state index contributed by atoms with van der Waals surface area (Å²) in [7, 11) is 1.29. The van der Waals surface area contributed by atoms with Crippen LogP contribution in [0.25, 0.3) is 0 Å². The Balaban J connectivity index is 1.65. The average molecular weight is 490 g/mol. The Bertz CT molecular complexity index is 1230. The molecule has 0 amide bonds. The third-order valence-electron chi connectivity index (χ3n) is 6.79. The van der Waals surface area contributed by atoms with Gasteiger partial charge in [0.05, 0.1) is 12.7 Å². The van der Waals surface area contributed by atoms with E-state index in [4.69, 9.17) is 14.2 Å². The largest absolute Gasteiger partial charge is 0.490 e. The van der Waals surface area contributed by atoms with E-state index in [-0.39, 0.29) is 24.9 Å². The molecule has 188 valence electrons. The van der Waals surface area contributed by atoms with Crippen LogP contribution in [0.5, 0.6) is 5.75 Å². The van der Waals surface area contributed by atoms with E-state index in [1.165, 1.54) is 7.11 Å². The number of carbonyl (C=O) groups excluding carboxylic acids is 3. The Kier molecular flexibility index (Phi) is 7.58. The van der Waals surface area contributed by atoms with Crippen molar-refractivity contribution in [3.8, 4) is 5.75 Å². The molecule has 1 aliphatic heterocycles. The Morgan fingerprint density at radius 1 is 1.00 bits per heavy atom. The van der Waals surface area contributed by atoms with Gasteiger partial charge in [-0.15, -0.1) is 0 Å². The van der Waals surface area contributed by atoms with Crippen molar-refractivity contribution in [2.45, 2.75) is 33.1 Å². The fourth-order valence-corrected chi connectivity index (χ4v) is 5.06. The van der Waals surface area contributed by atoms with E-state index in [9.17, 15) is 14.4 Å². The van der Waals surface area contributed by atoms with Crippen LogP contribution < -0.4 is 10.1 Å². The molecule has 2 aromatic carbocycles. The van der Waals surface area contributed by atoms with E-state index < -0.39 is 23.8 Å². The SMILES string of the molecule is COC(=O)[C@H]1C(=O)C2=C(C[C@@H]1C)NC(C)=C(C(=O)OCCOc1ccccc1)[C@@H]2c1ccccc1C. The zero-order chi connectivity index (χ0) is 25.8. The van der Waals surface area contributed by atoms with Crippen molar-refractivity contribution in [3.63, 3.8) is 0 Å². The van der Waals surface area contributed by atoms with E-state index in [0.29, 0.717) is 29.0 Å². The zero-order valence-electron chi connectivity index (χ0n) is 21.0. The van der Waals surface area contributed by atoms with Gasteiger partial charge >= 0.3 is 11.9 Å². The number of ether oxygens (including phenoxy) is 3. The van der Waals surface area contributed by atoms with Crippen molar-refractivity contribution in [2.24, 2.45) is 11.8 Å². The molecule has 1 N–H and O–H groups in total. The summed E-state index contributed by atoms with van der Waals surface area (Å²) in [4.78, 5) is 39.7. The maximum absolute atomic E-state index is 13.8. The van der Waals surface area contributed by atoms with Crippen molar-refractivity contribution in [1.82, 2.24) is 5.32 Å². The van der Waals surface area contributed by atoms with E-state index >= 15 is 0 Å². The van der Waals surface area contributed by atoms with Crippen LogP contribution in [0.2, 0.25) is 0 Å². The van der Waals surface area contributed by atoms with E-state index in [0.717, 1.165) is 16.8 Å². The van der Waals surface area contributed by atoms with Gasteiger partial charge in [-0.3, -0.25) is 9.59 Å². The minimum atomic E-state index is -0.919. The highest BCUT2D eigenvalue weighted by molar-refractivity contribution is 6.12. The molecule has 0 radical (unpaired) electrons. The molecule has 2 aromatic rings. The summed E-state index contributed by atoms with van der Waals surface area (Å²) in [5.74, 6) is -2.53. The molecule has 1 aliphatic carbocycles. The molecule has 1 heterocycles. The third-order valence-corrected chi connectivity index (χ3v) is 6.79. The second-order valence-corrected chi connectivity index (χ2v) is 9.19. The molecule has 7 heteroatoms. The second kappa shape index (κ2) is 10.8. The topological polar surface area (TPSA) is 90.9 Å². The summed E-state index contributed by atoms with van der Waals surface area (Å²) in [5, 5.41) is 3.28. The smallest absolute Gasteiger partial charge is 0.336 e. The van der Waals surface area contributed by atoms with Crippen LogP contribution in [0.4, 0.5) is 0 Å². The first kappa shape index (κ1) is 25.2. The van der Waals surface area contributed by atoms with E-state index in [1.54, 1.807) is 0 Å². The minimum Gasteiger partial charge on any atom is -0.490 e. The Labute approximate surface area is 211 Å². The lowest BCUT2D eigenvalue weighted by molar-refractivity contribution is -0.151. The Morgan fingerprint density at radius 2 is 1.69 bits per heavy atom. The molecule has 0 fully saturated rings. The number of Topliss-reactive ketones (excluding diaryl/α,β-unsaturated/α-hetero) is 1. The van der Waals surface area contributed by atoms with Crippen LogP contribution in [-0.4, -0.2) is 38.0 Å². The molecule has 0 unspecified atom stereocenters. The van der Waals surface area contributed by atoms with Crippen molar-refractivity contribution in [2.75, 3.05) is 20.3 Å². The normalized spacial score (nSPS) is 21.4. The number of methoxy groups -OCH3 is 1. The van der Waals surface area contributed by atoms with E-state index in [2.05, 4.69) is 5.32 Å². The molecular formula is C29H31NO6. The first-order chi connectivity index (χ1) is 17.3. The highest BCUT2D eigenvalue weighted by atomic mass is 16.6. The highest BCUT2D eigenvalue weighted by Crippen LogP contribution is 2.46. The van der Waals surface area contributed by atoms with Gasteiger partial charge in [-0.25, -0.2) is 4.79 Å².